The van der Waals surface area contributed by atoms with E-state index in [1.807, 2.05) is 24.3 Å². The topological polar surface area (TPSA) is 118 Å². The van der Waals surface area contributed by atoms with Crippen molar-refractivity contribution in [1.82, 2.24) is 20.2 Å². The molecule has 1 aliphatic heterocycles. The van der Waals surface area contributed by atoms with Crippen molar-refractivity contribution in [2.75, 3.05) is 19.6 Å². The summed E-state index contributed by atoms with van der Waals surface area (Å²) in [5.74, 6) is -0.874. The van der Waals surface area contributed by atoms with E-state index in [1.54, 1.807) is 29.3 Å². The van der Waals surface area contributed by atoms with Gasteiger partial charge in [-0.1, -0.05) is 18.2 Å². The number of rotatable bonds is 6. The van der Waals surface area contributed by atoms with Crippen molar-refractivity contribution < 1.29 is 14.4 Å². The Morgan fingerprint density at radius 1 is 1.16 bits per heavy atom. The lowest BCUT2D eigenvalue weighted by Gasteiger charge is -2.33. The minimum Gasteiger partial charge on any atom is -0.366 e. The van der Waals surface area contributed by atoms with E-state index in [0.717, 1.165) is 23.7 Å². The Labute approximate surface area is 185 Å². The van der Waals surface area contributed by atoms with E-state index in [4.69, 9.17) is 10.7 Å². The van der Waals surface area contributed by atoms with Crippen LogP contribution in [0.3, 0.4) is 0 Å². The molecule has 1 unspecified atom stereocenters. The normalized spacial score (nSPS) is 16.0. The Hall–Kier alpha value is -3.81. The van der Waals surface area contributed by atoms with Gasteiger partial charge >= 0.3 is 0 Å². The van der Waals surface area contributed by atoms with Gasteiger partial charge in [0.05, 0.1) is 22.3 Å². The SMILES string of the molecule is NC(=O)c1cc2ccccc2nc1C1CCCN(C(=O)CCNC(=O)c2cccnc2)C1. The maximum Gasteiger partial charge on any atom is 0.252 e. The lowest BCUT2D eigenvalue weighted by Crippen LogP contribution is -2.41. The maximum absolute atomic E-state index is 12.8. The quantitative estimate of drug-likeness (QED) is 0.621. The zero-order valence-corrected chi connectivity index (χ0v) is 17.7. The van der Waals surface area contributed by atoms with Gasteiger partial charge in [-0.3, -0.25) is 24.4 Å². The minimum absolute atomic E-state index is 0.0393. The second-order valence-electron chi connectivity index (χ2n) is 7.90. The van der Waals surface area contributed by atoms with Gasteiger partial charge in [0.25, 0.3) is 11.8 Å². The summed E-state index contributed by atoms with van der Waals surface area (Å²) in [4.78, 5) is 47.4. The van der Waals surface area contributed by atoms with E-state index >= 15 is 0 Å². The van der Waals surface area contributed by atoms with Gasteiger partial charge in [-0.2, -0.15) is 0 Å². The van der Waals surface area contributed by atoms with Crippen LogP contribution in [0.15, 0.2) is 54.9 Å². The molecule has 164 valence electrons. The molecule has 1 aromatic carbocycles. The molecule has 0 bridgehead atoms. The van der Waals surface area contributed by atoms with E-state index in [1.165, 1.54) is 6.20 Å². The largest absolute Gasteiger partial charge is 0.366 e. The average Bonchev–Trinajstić information content (AvgIpc) is 2.83. The van der Waals surface area contributed by atoms with Crippen molar-refractivity contribution in [1.29, 1.82) is 0 Å². The number of aromatic nitrogens is 2. The summed E-state index contributed by atoms with van der Waals surface area (Å²) in [5, 5.41) is 3.62. The smallest absolute Gasteiger partial charge is 0.252 e. The molecule has 3 N–H and O–H groups in total. The predicted octanol–water partition coefficient (Wildman–Crippen LogP) is 2.25. The zero-order valence-electron chi connectivity index (χ0n) is 17.7. The number of para-hydroxylation sites is 1. The number of nitrogens with zero attached hydrogens (tertiary/aromatic N) is 3. The van der Waals surface area contributed by atoms with E-state index in [2.05, 4.69) is 10.3 Å². The van der Waals surface area contributed by atoms with Gasteiger partial charge in [-0.05, 0) is 37.1 Å². The van der Waals surface area contributed by atoms with Gasteiger partial charge in [0.15, 0.2) is 0 Å². The fourth-order valence-corrected chi connectivity index (χ4v) is 4.11. The molecule has 0 aliphatic carbocycles. The highest BCUT2D eigenvalue weighted by atomic mass is 16.2. The van der Waals surface area contributed by atoms with Crippen LogP contribution >= 0.6 is 0 Å². The summed E-state index contributed by atoms with van der Waals surface area (Å²) in [6.45, 7) is 1.36. The summed E-state index contributed by atoms with van der Waals surface area (Å²) in [5.41, 5.74) is 7.96. The van der Waals surface area contributed by atoms with Crippen molar-refractivity contribution in [2.24, 2.45) is 5.73 Å². The van der Waals surface area contributed by atoms with Gasteiger partial charge in [0, 0.05) is 49.8 Å². The molecule has 3 amide bonds. The maximum atomic E-state index is 12.8. The molecule has 0 spiro atoms. The Morgan fingerprint density at radius 3 is 2.78 bits per heavy atom. The molecule has 4 rings (SSSR count). The standard InChI is InChI=1S/C24H25N5O3/c25-23(31)19-13-16-5-1-2-8-20(16)28-22(19)18-7-4-12-29(15-18)21(30)9-11-27-24(32)17-6-3-10-26-14-17/h1-3,5-6,8,10,13-14,18H,4,7,9,11-12,15H2,(H2,25,31)(H,27,32). The molecule has 1 saturated heterocycles. The number of hydrogen-bond donors (Lipinski definition) is 2. The van der Waals surface area contributed by atoms with Crippen molar-refractivity contribution in [3.05, 3.63) is 71.7 Å². The first-order valence-electron chi connectivity index (χ1n) is 10.7. The molecular formula is C24H25N5O3. The number of amides is 3. The van der Waals surface area contributed by atoms with Crippen LogP contribution in [0.25, 0.3) is 10.9 Å². The first kappa shape index (κ1) is 21.4. The zero-order chi connectivity index (χ0) is 22.5. The second kappa shape index (κ2) is 9.55. The summed E-state index contributed by atoms with van der Waals surface area (Å²) in [7, 11) is 0. The van der Waals surface area contributed by atoms with Crippen molar-refractivity contribution in [2.45, 2.75) is 25.2 Å². The molecule has 2 aromatic heterocycles. The van der Waals surface area contributed by atoms with Crippen LogP contribution in [0.4, 0.5) is 0 Å². The van der Waals surface area contributed by atoms with Crippen LogP contribution in [0.5, 0.6) is 0 Å². The number of piperidine rings is 1. The van der Waals surface area contributed by atoms with Crippen LogP contribution in [-0.2, 0) is 4.79 Å². The number of pyridine rings is 2. The summed E-state index contributed by atoms with van der Waals surface area (Å²) >= 11 is 0. The lowest BCUT2D eigenvalue weighted by molar-refractivity contribution is -0.132. The molecule has 3 heterocycles. The van der Waals surface area contributed by atoms with Crippen LogP contribution in [-0.4, -0.2) is 52.2 Å². The van der Waals surface area contributed by atoms with Gasteiger partial charge < -0.3 is 16.0 Å². The molecule has 1 fully saturated rings. The fraction of sp³-hybridized carbons (Fsp3) is 0.292. The molecule has 32 heavy (non-hydrogen) atoms. The van der Waals surface area contributed by atoms with Crippen molar-refractivity contribution in [3.8, 4) is 0 Å². The third kappa shape index (κ3) is 4.74. The number of benzene rings is 1. The number of fused-ring (bicyclic) bond motifs is 1. The monoisotopic (exact) mass is 431 g/mol. The first-order valence-corrected chi connectivity index (χ1v) is 10.7. The molecular weight excluding hydrogens is 406 g/mol. The van der Waals surface area contributed by atoms with Gasteiger partial charge in [-0.15, -0.1) is 0 Å². The second-order valence-corrected chi connectivity index (χ2v) is 7.90. The molecule has 1 aliphatic rings. The molecule has 1 atom stereocenters. The number of likely N-dealkylation sites (tertiary alicyclic amines) is 1. The van der Waals surface area contributed by atoms with Crippen LogP contribution in [0.1, 0.15) is 51.6 Å². The van der Waals surface area contributed by atoms with E-state index in [9.17, 15) is 14.4 Å². The van der Waals surface area contributed by atoms with Gasteiger partial charge in [0.1, 0.15) is 0 Å². The number of carbonyl (C=O) groups excluding carboxylic acids is 3. The van der Waals surface area contributed by atoms with Crippen molar-refractivity contribution >= 4 is 28.6 Å². The van der Waals surface area contributed by atoms with Crippen LogP contribution in [0, 0.1) is 0 Å². The highest BCUT2D eigenvalue weighted by Crippen LogP contribution is 2.30. The highest BCUT2D eigenvalue weighted by molar-refractivity contribution is 5.98. The minimum atomic E-state index is -0.514. The summed E-state index contributed by atoms with van der Waals surface area (Å²) in [6, 6.07) is 12.7. The van der Waals surface area contributed by atoms with Crippen molar-refractivity contribution in [3.63, 3.8) is 0 Å². The average molecular weight is 431 g/mol. The fourth-order valence-electron chi connectivity index (χ4n) is 4.11. The Kier molecular flexibility index (Phi) is 6.39. The van der Waals surface area contributed by atoms with E-state index < -0.39 is 5.91 Å². The van der Waals surface area contributed by atoms with E-state index in [-0.39, 0.29) is 30.7 Å². The predicted molar refractivity (Wildman–Crippen MR) is 120 cm³/mol. The van der Waals surface area contributed by atoms with Crippen LogP contribution in [0.2, 0.25) is 0 Å². The Morgan fingerprint density at radius 2 is 2.00 bits per heavy atom. The number of nitrogens with one attached hydrogen (secondary N) is 1. The number of nitrogens with two attached hydrogens (primary N) is 1. The molecule has 8 heteroatoms. The third-order valence-electron chi connectivity index (χ3n) is 5.73. The summed E-state index contributed by atoms with van der Waals surface area (Å²) in [6.07, 6.45) is 4.92. The van der Waals surface area contributed by atoms with Gasteiger partial charge in [-0.25, -0.2) is 0 Å². The molecule has 8 nitrogen and oxygen atoms in total. The summed E-state index contributed by atoms with van der Waals surface area (Å²) < 4.78 is 0. The first-order chi connectivity index (χ1) is 15.5. The van der Waals surface area contributed by atoms with E-state index in [0.29, 0.717) is 29.9 Å². The number of primary amides is 1. The molecule has 0 radical (unpaired) electrons. The van der Waals surface area contributed by atoms with Crippen LogP contribution < -0.4 is 11.1 Å². The lowest BCUT2D eigenvalue weighted by atomic mass is 9.90. The Balaban J connectivity index is 1.42. The third-order valence-corrected chi connectivity index (χ3v) is 5.73. The number of hydrogen-bond acceptors (Lipinski definition) is 5. The highest BCUT2D eigenvalue weighted by Gasteiger charge is 2.28. The number of carbonyl (C=O) groups is 3. The molecule has 3 aromatic rings. The van der Waals surface area contributed by atoms with Gasteiger partial charge in [0.2, 0.25) is 5.91 Å². The Bertz CT molecular complexity index is 1150. The molecule has 0 saturated carbocycles.